The highest BCUT2D eigenvalue weighted by molar-refractivity contribution is 6.43. The number of nitrogens with one attached hydrogen (secondary N) is 1. The molecule has 1 N–H and O–H groups in total. The number of rotatable bonds is 6. The van der Waals surface area contributed by atoms with Crippen LogP contribution in [-0.4, -0.2) is 0 Å². The minimum atomic E-state index is 0.0996. The van der Waals surface area contributed by atoms with Crippen molar-refractivity contribution in [3.8, 4) is 0 Å². The largest absolute Gasteiger partial charge is 0.358 e. The summed E-state index contributed by atoms with van der Waals surface area (Å²) in [5.74, 6) is 0.355. The SMILES string of the molecule is C=C(C)C(C)C(C(=C)C)C(=C)Nc1cccc(Cl)c1Cl. The van der Waals surface area contributed by atoms with Gasteiger partial charge in [-0.2, -0.15) is 0 Å². The Balaban J connectivity index is 3.00. The third kappa shape index (κ3) is 3.91. The summed E-state index contributed by atoms with van der Waals surface area (Å²) in [6.45, 7) is 18.3. The molecule has 1 aromatic rings. The predicted octanol–water partition coefficient (Wildman–Crippen LogP) is 6.32. The van der Waals surface area contributed by atoms with Crippen molar-refractivity contribution in [2.24, 2.45) is 11.8 Å². The highest BCUT2D eigenvalue weighted by Gasteiger charge is 2.22. The molecule has 1 aromatic carbocycles. The van der Waals surface area contributed by atoms with E-state index in [1.54, 1.807) is 6.07 Å². The van der Waals surface area contributed by atoms with Gasteiger partial charge in [0.15, 0.2) is 0 Å². The van der Waals surface area contributed by atoms with Crippen molar-refractivity contribution in [3.05, 3.63) is 64.8 Å². The molecule has 2 atom stereocenters. The molecule has 0 aliphatic heterocycles. The lowest BCUT2D eigenvalue weighted by Crippen LogP contribution is -2.20. The van der Waals surface area contributed by atoms with Crippen molar-refractivity contribution in [1.29, 1.82) is 0 Å². The number of allylic oxidation sites excluding steroid dienone is 2. The molecule has 0 saturated heterocycles. The van der Waals surface area contributed by atoms with Crippen molar-refractivity contribution in [3.63, 3.8) is 0 Å². The van der Waals surface area contributed by atoms with E-state index in [9.17, 15) is 0 Å². The standard InChI is InChI=1S/C17H21Cl2N/c1-10(2)12(5)16(11(3)4)13(6)20-15-9-7-8-14(18)17(15)19/h7-9,12,16,20H,1,3,6H2,2,4-5H3. The smallest absolute Gasteiger partial charge is 0.0826 e. The van der Waals surface area contributed by atoms with Crippen molar-refractivity contribution >= 4 is 28.9 Å². The third-order valence-corrected chi connectivity index (χ3v) is 4.25. The van der Waals surface area contributed by atoms with Crippen LogP contribution in [-0.2, 0) is 0 Å². The van der Waals surface area contributed by atoms with Gasteiger partial charge < -0.3 is 5.32 Å². The molecule has 108 valence electrons. The van der Waals surface area contributed by atoms with Crippen LogP contribution in [0.15, 0.2) is 54.8 Å². The molecule has 0 amide bonds. The van der Waals surface area contributed by atoms with Gasteiger partial charge in [0, 0.05) is 11.6 Å². The Hall–Kier alpha value is -1.18. The van der Waals surface area contributed by atoms with E-state index in [0.717, 1.165) is 22.5 Å². The van der Waals surface area contributed by atoms with Gasteiger partial charge in [-0.15, -0.1) is 0 Å². The second-order valence-electron chi connectivity index (χ2n) is 5.21. The first-order valence-corrected chi connectivity index (χ1v) is 7.22. The van der Waals surface area contributed by atoms with E-state index in [2.05, 4.69) is 32.0 Å². The van der Waals surface area contributed by atoms with Gasteiger partial charge >= 0.3 is 0 Å². The number of hydrogen-bond acceptors (Lipinski definition) is 1. The molecule has 0 aromatic heterocycles. The van der Waals surface area contributed by atoms with Gasteiger partial charge in [-0.1, -0.05) is 67.1 Å². The zero-order valence-corrected chi connectivity index (χ0v) is 13.8. The quantitative estimate of drug-likeness (QED) is 0.606. The lowest BCUT2D eigenvalue weighted by molar-refractivity contribution is 0.533. The van der Waals surface area contributed by atoms with Crippen molar-refractivity contribution in [2.75, 3.05) is 5.32 Å². The summed E-state index contributed by atoms with van der Waals surface area (Å²) in [5, 5.41) is 4.27. The van der Waals surface area contributed by atoms with Crippen LogP contribution < -0.4 is 5.32 Å². The van der Waals surface area contributed by atoms with Gasteiger partial charge in [-0.05, 0) is 31.9 Å². The first-order valence-electron chi connectivity index (χ1n) is 6.46. The van der Waals surface area contributed by atoms with Gasteiger partial charge in [-0.25, -0.2) is 0 Å². The molecule has 0 spiro atoms. The molecule has 0 aliphatic rings. The summed E-state index contributed by atoms with van der Waals surface area (Å²) in [6, 6.07) is 5.48. The highest BCUT2D eigenvalue weighted by Crippen LogP contribution is 2.35. The molecule has 0 radical (unpaired) electrons. The van der Waals surface area contributed by atoms with E-state index in [1.807, 2.05) is 26.0 Å². The minimum Gasteiger partial charge on any atom is -0.358 e. The molecular formula is C17H21Cl2N. The molecule has 2 unspecified atom stereocenters. The summed E-state index contributed by atoms with van der Waals surface area (Å²) < 4.78 is 0. The Morgan fingerprint density at radius 1 is 1.10 bits per heavy atom. The molecule has 0 saturated carbocycles. The Bertz CT molecular complexity index is 546. The lowest BCUT2D eigenvalue weighted by atomic mass is 9.82. The van der Waals surface area contributed by atoms with Crippen LogP contribution in [0, 0.1) is 11.8 Å². The zero-order valence-electron chi connectivity index (χ0n) is 12.3. The van der Waals surface area contributed by atoms with E-state index in [0.29, 0.717) is 10.0 Å². The average Bonchev–Trinajstić information content (AvgIpc) is 2.34. The van der Waals surface area contributed by atoms with Crippen molar-refractivity contribution in [1.82, 2.24) is 0 Å². The van der Waals surface area contributed by atoms with Crippen molar-refractivity contribution in [2.45, 2.75) is 20.8 Å². The van der Waals surface area contributed by atoms with Gasteiger partial charge in [0.25, 0.3) is 0 Å². The molecule has 1 rings (SSSR count). The molecule has 0 heterocycles. The second-order valence-corrected chi connectivity index (χ2v) is 6.00. The van der Waals surface area contributed by atoms with Crippen LogP contribution in [0.4, 0.5) is 5.69 Å². The molecule has 3 heteroatoms. The van der Waals surface area contributed by atoms with Crippen LogP contribution >= 0.6 is 23.2 Å². The van der Waals surface area contributed by atoms with Crippen LogP contribution in [0.5, 0.6) is 0 Å². The maximum absolute atomic E-state index is 6.19. The molecule has 0 bridgehead atoms. The van der Waals surface area contributed by atoms with Crippen LogP contribution in [0.25, 0.3) is 0 Å². The van der Waals surface area contributed by atoms with E-state index in [4.69, 9.17) is 23.2 Å². The second kappa shape index (κ2) is 7.01. The van der Waals surface area contributed by atoms with E-state index < -0.39 is 0 Å². The monoisotopic (exact) mass is 309 g/mol. The summed E-state index contributed by atoms with van der Waals surface area (Å²) in [4.78, 5) is 0. The lowest BCUT2D eigenvalue weighted by Gasteiger charge is -2.28. The third-order valence-electron chi connectivity index (χ3n) is 3.43. The Kier molecular flexibility index (Phi) is 5.91. The average molecular weight is 310 g/mol. The van der Waals surface area contributed by atoms with Crippen molar-refractivity contribution < 1.29 is 0 Å². The summed E-state index contributed by atoms with van der Waals surface area (Å²) in [7, 11) is 0. The van der Waals surface area contributed by atoms with Gasteiger partial charge in [0.05, 0.1) is 15.7 Å². The summed E-state index contributed by atoms with van der Waals surface area (Å²) in [5.41, 5.74) is 3.73. The van der Waals surface area contributed by atoms with E-state index in [-0.39, 0.29) is 11.8 Å². The molecule has 20 heavy (non-hydrogen) atoms. The number of hydrogen-bond donors (Lipinski definition) is 1. The molecule has 1 nitrogen and oxygen atoms in total. The van der Waals surface area contributed by atoms with Gasteiger partial charge in [0.1, 0.15) is 0 Å². The number of anilines is 1. The zero-order chi connectivity index (χ0) is 15.4. The Labute approximate surface area is 132 Å². The maximum Gasteiger partial charge on any atom is 0.0826 e. The predicted molar refractivity (Wildman–Crippen MR) is 91.5 cm³/mol. The number of benzene rings is 1. The van der Waals surface area contributed by atoms with Gasteiger partial charge in [0.2, 0.25) is 0 Å². The molecular weight excluding hydrogens is 289 g/mol. The topological polar surface area (TPSA) is 12.0 Å². The maximum atomic E-state index is 6.19. The first-order chi connectivity index (χ1) is 9.25. The fraction of sp³-hybridized carbons (Fsp3) is 0.294. The Morgan fingerprint density at radius 2 is 1.70 bits per heavy atom. The highest BCUT2D eigenvalue weighted by atomic mass is 35.5. The first kappa shape index (κ1) is 16.9. The summed E-state index contributed by atoms with van der Waals surface area (Å²) >= 11 is 12.2. The molecule has 0 aliphatic carbocycles. The van der Waals surface area contributed by atoms with Crippen LogP contribution in [0.1, 0.15) is 20.8 Å². The fourth-order valence-corrected chi connectivity index (χ4v) is 2.51. The summed E-state index contributed by atoms with van der Waals surface area (Å²) in [6.07, 6.45) is 0. The van der Waals surface area contributed by atoms with E-state index >= 15 is 0 Å². The van der Waals surface area contributed by atoms with E-state index in [1.165, 1.54) is 0 Å². The van der Waals surface area contributed by atoms with Gasteiger partial charge in [-0.3, -0.25) is 0 Å². The normalized spacial score (nSPS) is 13.4. The minimum absolute atomic E-state index is 0.0996. The van der Waals surface area contributed by atoms with Crippen LogP contribution in [0.3, 0.4) is 0 Å². The number of halogens is 2. The van der Waals surface area contributed by atoms with Crippen LogP contribution in [0.2, 0.25) is 10.0 Å². The molecule has 0 fully saturated rings. The fourth-order valence-electron chi connectivity index (χ4n) is 2.16. The Morgan fingerprint density at radius 3 is 2.20 bits per heavy atom.